The molecule has 82 valence electrons. The van der Waals surface area contributed by atoms with Crippen molar-refractivity contribution >= 4 is 11.8 Å². The third-order valence-electron chi connectivity index (χ3n) is 3.67. The molecule has 1 N–H and O–H groups in total. The van der Waals surface area contributed by atoms with Crippen molar-refractivity contribution in [1.82, 2.24) is 0 Å². The van der Waals surface area contributed by atoms with Gasteiger partial charge in [0.1, 0.15) is 0 Å². The van der Waals surface area contributed by atoms with E-state index in [4.69, 9.17) is 4.74 Å². The van der Waals surface area contributed by atoms with Gasteiger partial charge in [0, 0.05) is 12.0 Å². The Bertz CT molecular complexity index is 194. The molecule has 0 aromatic carbocycles. The summed E-state index contributed by atoms with van der Waals surface area (Å²) in [6, 6.07) is 0. The van der Waals surface area contributed by atoms with Gasteiger partial charge in [-0.15, -0.1) is 0 Å². The molecular weight excluding hydrogens is 196 g/mol. The Kier molecular flexibility index (Phi) is 3.40. The predicted octanol–water partition coefficient (Wildman–Crippen LogP) is 1.92. The lowest BCUT2D eigenvalue weighted by Gasteiger charge is -2.32. The minimum atomic E-state index is 0.101. The van der Waals surface area contributed by atoms with Gasteiger partial charge in [0.05, 0.1) is 12.7 Å². The van der Waals surface area contributed by atoms with E-state index in [9.17, 15) is 5.11 Å². The Morgan fingerprint density at radius 3 is 2.86 bits per heavy atom. The second-order valence-corrected chi connectivity index (χ2v) is 5.63. The second-order valence-electron chi connectivity index (χ2n) is 4.64. The first-order valence-corrected chi connectivity index (χ1v) is 6.93. The van der Waals surface area contributed by atoms with E-state index >= 15 is 0 Å². The lowest BCUT2D eigenvalue weighted by molar-refractivity contribution is -0.000950. The number of rotatable bonds is 5. The van der Waals surface area contributed by atoms with Crippen molar-refractivity contribution < 1.29 is 9.84 Å². The van der Waals surface area contributed by atoms with E-state index < -0.39 is 0 Å². The molecule has 2 rings (SSSR count). The van der Waals surface area contributed by atoms with Crippen molar-refractivity contribution in [3.05, 3.63) is 0 Å². The smallest absolute Gasteiger partial charge is 0.0682 e. The molecule has 1 saturated carbocycles. The summed E-state index contributed by atoms with van der Waals surface area (Å²) in [5.41, 5.74) is 0.101. The van der Waals surface area contributed by atoms with Crippen LogP contribution in [0.25, 0.3) is 0 Å². The largest absolute Gasteiger partial charge is 0.396 e. The van der Waals surface area contributed by atoms with Crippen molar-refractivity contribution in [2.45, 2.75) is 31.8 Å². The number of aliphatic hydroxyl groups excluding tert-OH is 1. The van der Waals surface area contributed by atoms with Crippen LogP contribution < -0.4 is 0 Å². The third kappa shape index (κ3) is 1.95. The Balaban J connectivity index is 1.99. The van der Waals surface area contributed by atoms with Crippen molar-refractivity contribution in [2.75, 3.05) is 25.2 Å². The van der Waals surface area contributed by atoms with E-state index in [1.807, 2.05) is 11.8 Å². The fourth-order valence-corrected chi connectivity index (χ4v) is 3.17. The van der Waals surface area contributed by atoms with E-state index in [2.05, 4.69) is 6.26 Å². The van der Waals surface area contributed by atoms with Gasteiger partial charge in [0.25, 0.3) is 0 Å². The average molecular weight is 216 g/mol. The van der Waals surface area contributed by atoms with E-state index in [1.165, 1.54) is 12.8 Å². The van der Waals surface area contributed by atoms with E-state index in [0.717, 1.165) is 31.1 Å². The zero-order valence-corrected chi connectivity index (χ0v) is 9.68. The van der Waals surface area contributed by atoms with Gasteiger partial charge in [0.2, 0.25) is 0 Å². The molecule has 2 unspecified atom stereocenters. The number of hydrogen-bond donors (Lipinski definition) is 1. The van der Waals surface area contributed by atoms with Gasteiger partial charge in [-0.1, -0.05) is 0 Å². The van der Waals surface area contributed by atoms with Crippen LogP contribution in [0.5, 0.6) is 0 Å². The van der Waals surface area contributed by atoms with Gasteiger partial charge in [-0.25, -0.2) is 0 Å². The first-order chi connectivity index (χ1) is 6.82. The summed E-state index contributed by atoms with van der Waals surface area (Å²) in [6.07, 6.45) is 7.29. The van der Waals surface area contributed by atoms with Gasteiger partial charge < -0.3 is 9.84 Å². The minimum absolute atomic E-state index is 0.101. The zero-order valence-electron chi connectivity index (χ0n) is 8.87. The molecule has 0 spiro atoms. The fraction of sp³-hybridized carbons (Fsp3) is 1.00. The Labute approximate surface area is 90.4 Å². The topological polar surface area (TPSA) is 29.5 Å². The van der Waals surface area contributed by atoms with Crippen molar-refractivity contribution in [3.8, 4) is 0 Å². The summed E-state index contributed by atoms with van der Waals surface area (Å²) in [4.78, 5) is 0. The van der Waals surface area contributed by atoms with Gasteiger partial charge >= 0.3 is 0 Å². The monoisotopic (exact) mass is 216 g/mol. The molecule has 3 heteroatoms. The summed E-state index contributed by atoms with van der Waals surface area (Å²) in [5, 5.41) is 9.60. The molecule has 0 bridgehead atoms. The van der Waals surface area contributed by atoms with Crippen LogP contribution >= 0.6 is 11.8 Å². The summed E-state index contributed by atoms with van der Waals surface area (Å²) in [7, 11) is 0. The summed E-state index contributed by atoms with van der Waals surface area (Å²) in [5.74, 6) is 1.90. The molecule has 1 aliphatic heterocycles. The fourth-order valence-electron chi connectivity index (χ4n) is 2.56. The van der Waals surface area contributed by atoms with Crippen LogP contribution in [-0.4, -0.2) is 36.4 Å². The highest BCUT2D eigenvalue weighted by Crippen LogP contribution is 2.49. The number of hydrogen-bond acceptors (Lipinski definition) is 3. The highest BCUT2D eigenvalue weighted by Gasteiger charge is 2.50. The van der Waals surface area contributed by atoms with Crippen LogP contribution in [0.2, 0.25) is 0 Å². The molecule has 0 aromatic heterocycles. The van der Waals surface area contributed by atoms with E-state index in [0.29, 0.717) is 12.7 Å². The standard InChI is InChI=1S/C11H20O2S/c1-14-7-5-11(8-12)4-6-13-10(11)9-2-3-9/h9-10,12H,2-8H2,1H3. The van der Waals surface area contributed by atoms with Gasteiger partial charge in [-0.3, -0.25) is 0 Å². The number of ether oxygens (including phenoxy) is 1. The molecule has 2 aliphatic rings. The molecule has 2 nitrogen and oxygen atoms in total. The van der Waals surface area contributed by atoms with Crippen LogP contribution in [0, 0.1) is 11.3 Å². The molecule has 0 radical (unpaired) electrons. The molecule has 14 heavy (non-hydrogen) atoms. The third-order valence-corrected chi connectivity index (χ3v) is 4.28. The minimum Gasteiger partial charge on any atom is -0.396 e. The van der Waals surface area contributed by atoms with Crippen molar-refractivity contribution in [1.29, 1.82) is 0 Å². The summed E-state index contributed by atoms with van der Waals surface area (Å²) >= 11 is 1.87. The van der Waals surface area contributed by atoms with Gasteiger partial charge in [-0.2, -0.15) is 11.8 Å². The average Bonchev–Trinajstić information content (AvgIpc) is 2.97. The maximum Gasteiger partial charge on any atom is 0.0682 e. The van der Waals surface area contributed by atoms with Crippen LogP contribution in [0.3, 0.4) is 0 Å². The molecule has 1 heterocycles. The zero-order chi connectivity index (χ0) is 10.0. The van der Waals surface area contributed by atoms with E-state index in [1.54, 1.807) is 0 Å². The maximum absolute atomic E-state index is 9.60. The molecule has 1 saturated heterocycles. The molecule has 2 fully saturated rings. The first-order valence-electron chi connectivity index (χ1n) is 5.54. The van der Waals surface area contributed by atoms with Crippen LogP contribution in [0.4, 0.5) is 0 Å². The first kappa shape index (κ1) is 10.8. The Hall–Kier alpha value is 0.270. The molecular formula is C11H20O2S. The maximum atomic E-state index is 9.60. The molecule has 2 atom stereocenters. The van der Waals surface area contributed by atoms with Crippen LogP contribution in [-0.2, 0) is 4.74 Å². The van der Waals surface area contributed by atoms with Gasteiger partial charge in [-0.05, 0) is 43.6 Å². The summed E-state index contributed by atoms with van der Waals surface area (Å²) in [6.45, 7) is 1.17. The van der Waals surface area contributed by atoms with Crippen LogP contribution in [0.15, 0.2) is 0 Å². The molecule has 1 aliphatic carbocycles. The van der Waals surface area contributed by atoms with E-state index in [-0.39, 0.29) is 5.41 Å². The lowest BCUT2D eigenvalue weighted by atomic mass is 9.77. The van der Waals surface area contributed by atoms with Crippen LogP contribution in [0.1, 0.15) is 25.7 Å². The lowest BCUT2D eigenvalue weighted by Crippen LogP contribution is -2.36. The second kappa shape index (κ2) is 4.42. The highest BCUT2D eigenvalue weighted by atomic mass is 32.2. The molecule has 0 aromatic rings. The number of thioether (sulfide) groups is 1. The van der Waals surface area contributed by atoms with Crippen molar-refractivity contribution in [2.24, 2.45) is 11.3 Å². The van der Waals surface area contributed by atoms with Gasteiger partial charge in [0.15, 0.2) is 0 Å². The quantitative estimate of drug-likeness (QED) is 0.761. The highest BCUT2D eigenvalue weighted by molar-refractivity contribution is 7.98. The Morgan fingerprint density at radius 2 is 2.29 bits per heavy atom. The van der Waals surface area contributed by atoms with Crippen molar-refractivity contribution in [3.63, 3.8) is 0 Å². The normalized spacial score (nSPS) is 37.7. The summed E-state index contributed by atoms with van der Waals surface area (Å²) < 4.78 is 5.81. The SMILES string of the molecule is CSCCC1(CO)CCOC1C1CC1. The predicted molar refractivity (Wildman–Crippen MR) is 59.6 cm³/mol. The molecule has 0 amide bonds. The Morgan fingerprint density at radius 1 is 1.50 bits per heavy atom. The number of aliphatic hydroxyl groups is 1.